The third-order valence-corrected chi connectivity index (χ3v) is 1.80. The molecule has 76 valence electrons. The van der Waals surface area contributed by atoms with Crippen molar-refractivity contribution in [3.05, 3.63) is 29.6 Å². The average Bonchev–Trinajstić information content (AvgIpc) is 2.70. The van der Waals surface area contributed by atoms with Gasteiger partial charge in [0.15, 0.2) is 0 Å². The summed E-state index contributed by atoms with van der Waals surface area (Å²) >= 11 is 0. The van der Waals surface area contributed by atoms with Crippen molar-refractivity contribution in [1.82, 2.24) is 20.6 Å². The Bertz CT molecular complexity index is 497. The van der Waals surface area contributed by atoms with Crippen LogP contribution in [0.3, 0.4) is 0 Å². The molecule has 1 aromatic heterocycles. The highest BCUT2D eigenvalue weighted by Crippen LogP contribution is 2.18. The van der Waals surface area contributed by atoms with E-state index in [1.807, 2.05) is 0 Å². The number of benzene rings is 1. The summed E-state index contributed by atoms with van der Waals surface area (Å²) in [6, 6.07) is 3.48. The number of tetrazole rings is 1. The van der Waals surface area contributed by atoms with Crippen LogP contribution in [-0.4, -0.2) is 31.7 Å². The molecule has 0 amide bonds. The van der Waals surface area contributed by atoms with Crippen LogP contribution in [0.1, 0.15) is 10.4 Å². The lowest BCUT2D eigenvalue weighted by atomic mass is 10.1. The minimum atomic E-state index is -1.19. The van der Waals surface area contributed by atoms with Crippen molar-refractivity contribution in [2.24, 2.45) is 0 Å². The highest BCUT2D eigenvalue weighted by Gasteiger charge is 2.12. The summed E-state index contributed by atoms with van der Waals surface area (Å²) in [5.74, 6) is -1.80. The second-order valence-corrected chi connectivity index (χ2v) is 2.74. The van der Waals surface area contributed by atoms with Gasteiger partial charge in [0.1, 0.15) is 5.82 Å². The first-order valence-corrected chi connectivity index (χ1v) is 3.95. The SMILES string of the molecule is O=C(O)c1ccc(-c2nn[nH]n2)c(F)c1. The minimum absolute atomic E-state index is 0.0874. The number of halogens is 1. The molecule has 1 heterocycles. The van der Waals surface area contributed by atoms with Crippen LogP contribution in [0.5, 0.6) is 0 Å². The van der Waals surface area contributed by atoms with E-state index in [-0.39, 0.29) is 17.0 Å². The first-order chi connectivity index (χ1) is 7.18. The molecule has 2 rings (SSSR count). The Morgan fingerprint density at radius 1 is 1.47 bits per heavy atom. The summed E-state index contributed by atoms with van der Waals surface area (Å²) in [5, 5.41) is 21.2. The minimum Gasteiger partial charge on any atom is -0.478 e. The topological polar surface area (TPSA) is 91.8 Å². The molecular weight excluding hydrogens is 203 g/mol. The summed E-state index contributed by atoms with van der Waals surface area (Å²) < 4.78 is 13.4. The monoisotopic (exact) mass is 208 g/mol. The Morgan fingerprint density at radius 3 is 2.80 bits per heavy atom. The maximum absolute atomic E-state index is 13.4. The number of aromatic carboxylic acids is 1. The molecule has 15 heavy (non-hydrogen) atoms. The van der Waals surface area contributed by atoms with Crippen molar-refractivity contribution in [2.45, 2.75) is 0 Å². The molecule has 6 nitrogen and oxygen atoms in total. The quantitative estimate of drug-likeness (QED) is 0.757. The van der Waals surface area contributed by atoms with E-state index >= 15 is 0 Å². The third kappa shape index (κ3) is 1.66. The van der Waals surface area contributed by atoms with Crippen LogP contribution >= 0.6 is 0 Å². The van der Waals surface area contributed by atoms with Crippen molar-refractivity contribution < 1.29 is 14.3 Å². The Hall–Kier alpha value is -2.31. The van der Waals surface area contributed by atoms with Crippen molar-refractivity contribution >= 4 is 5.97 Å². The van der Waals surface area contributed by atoms with Gasteiger partial charge in [-0.25, -0.2) is 9.18 Å². The van der Waals surface area contributed by atoms with Gasteiger partial charge in [-0.1, -0.05) is 0 Å². The van der Waals surface area contributed by atoms with Gasteiger partial charge in [0.2, 0.25) is 5.82 Å². The van der Waals surface area contributed by atoms with Crippen LogP contribution in [0.15, 0.2) is 18.2 Å². The van der Waals surface area contributed by atoms with Gasteiger partial charge in [-0.3, -0.25) is 0 Å². The van der Waals surface area contributed by atoms with Gasteiger partial charge in [0.05, 0.1) is 11.1 Å². The molecule has 0 saturated carbocycles. The van der Waals surface area contributed by atoms with Crippen LogP contribution in [0.4, 0.5) is 4.39 Å². The van der Waals surface area contributed by atoms with Crippen LogP contribution in [0, 0.1) is 5.82 Å². The van der Waals surface area contributed by atoms with Crippen LogP contribution in [0.25, 0.3) is 11.4 Å². The van der Waals surface area contributed by atoms with Crippen molar-refractivity contribution in [1.29, 1.82) is 0 Å². The van der Waals surface area contributed by atoms with Crippen molar-refractivity contribution in [2.75, 3.05) is 0 Å². The zero-order chi connectivity index (χ0) is 10.8. The van der Waals surface area contributed by atoms with E-state index in [2.05, 4.69) is 20.6 Å². The summed E-state index contributed by atoms with van der Waals surface area (Å²) in [6.07, 6.45) is 0. The molecule has 0 unspecified atom stereocenters. The maximum atomic E-state index is 13.4. The Labute approximate surface area is 82.7 Å². The maximum Gasteiger partial charge on any atom is 0.335 e. The molecule has 7 heteroatoms. The fourth-order valence-electron chi connectivity index (χ4n) is 1.11. The molecule has 1 aromatic carbocycles. The molecule has 0 atom stereocenters. The van der Waals surface area contributed by atoms with E-state index in [0.717, 1.165) is 6.07 Å². The highest BCUT2D eigenvalue weighted by molar-refractivity contribution is 5.88. The molecule has 0 saturated heterocycles. The van der Waals surface area contributed by atoms with Gasteiger partial charge in [0.25, 0.3) is 0 Å². The third-order valence-electron chi connectivity index (χ3n) is 1.80. The van der Waals surface area contributed by atoms with Crippen LogP contribution in [0.2, 0.25) is 0 Å². The van der Waals surface area contributed by atoms with Crippen molar-refractivity contribution in [3.63, 3.8) is 0 Å². The summed E-state index contributed by atoms with van der Waals surface area (Å²) in [6.45, 7) is 0. The van der Waals surface area contributed by atoms with Gasteiger partial charge >= 0.3 is 5.97 Å². The number of carbonyl (C=O) groups is 1. The standard InChI is InChI=1S/C8H5FN4O2/c9-6-3-4(8(14)15)1-2-5(6)7-10-12-13-11-7/h1-3H,(H,14,15)(H,10,11,12,13). The number of hydrogen-bond donors (Lipinski definition) is 2. The van der Waals surface area contributed by atoms with E-state index in [1.54, 1.807) is 0 Å². The summed E-state index contributed by atoms with van der Waals surface area (Å²) in [4.78, 5) is 10.5. The lowest BCUT2D eigenvalue weighted by Crippen LogP contribution is -1.98. The molecule has 0 fully saturated rings. The molecule has 0 bridgehead atoms. The van der Waals surface area contributed by atoms with E-state index in [1.165, 1.54) is 12.1 Å². The number of aromatic amines is 1. The molecule has 2 aromatic rings. The fraction of sp³-hybridized carbons (Fsp3) is 0. The van der Waals surface area contributed by atoms with Gasteiger partial charge in [-0.2, -0.15) is 5.21 Å². The summed E-state index contributed by atoms with van der Waals surface area (Å²) in [5.41, 5.74) is -0.0199. The lowest BCUT2D eigenvalue weighted by Gasteiger charge is -1.98. The number of nitrogens with zero attached hydrogens (tertiary/aromatic N) is 3. The number of H-pyrrole nitrogens is 1. The van der Waals surface area contributed by atoms with Crippen LogP contribution < -0.4 is 0 Å². The molecule has 0 radical (unpaired) electrons. The molecule has 0 aliphatic rings. The number of nitrogens with one attached hydrogen (secondary N) is 1. The number of carboxylic acids is 1. The molecule has 0 aliphatic carbocycles. The average molecular weight is 208 g/mol. The predicted octanol–water partition coefficient (Wildman–Crippen LogP) is 0.704. The molecule has 0 spiro atoms. The van der Waals surface area contributed by atoms with Gasteiger partial charge in [-0.05, 0) is 23.4 Å². The first kappa shape index (κ1) is 9.25. The molecule has 0 aliphatic heterocycles. The van der Waals surface area contributed by atoms with E-state index in [4.69, 9.17) is 5.11 Å². The number of hydrogen-bond acceptors (Lipinski definition) is 4. The van der Waals surface area contributed by atoms with Crippen LogP contribution in [-0.2, 0) is 0 Å². The van der Waals surface area contributed by atoms with E-state index in [0.29, 0.717) is 0 Å². The second kappa shape index (κ2) is 3.45. The Morgan fingerprint density at radius 2 is 2.27 bits per heavy atom. The van der Waals surface area contributed by atoms with Gasteiger partial charge in [0, 0.05) is 0 Å². The zero-order valence-corrected chi connectivity index (χ0v) is 7.31. The number of rotatable bonds is 2. The zero-order valence-electron chi connectivity index (χ0n) is 7.31. The van der Waals surface area contributed by atoms with Gasteiger partial charge in [-0.15, -0.1) is 10.2 Å². The predicted molar refractivity (Wildman–Crippen MR) is 46.5 cm³/mol. The highest BCUT2D eigenvalue weighted by atomic mass is 19.1. The van der Waals surface area contributed by atoms with E-state index < -0.39 is 11.8 Å². The number of carboxylic acid groups (broad SMARTS) is 1. The Balaban J connectivity index is 2.48. The number of aromatic nitrogens is 4. The normalized spacial score (nSPS) is 10.2. The largest absolute Gasteiger partial charge is 0.478 e. The Kier molecular flexibility index (Phi) is 2.13. The van der Waals surface area contributed by atoms with E-state index in [9.17, 15) is 9.18 Å². The van der Waals surface area contributed by atoms with Gasteiger partial charge < -0.3 is 5.11 Å². The smallest absolute Gasteiger partial charge is 0.335 e. The van der Waals surface area contributed by atoms with Crippen molar-refractivity contribution in [3.8, 4) is 11.4 Å². The first-order valence-electron chi connectivity index (χ1n) is 3.95. The second-order valence-electron chi connectivity index (χ2n) is 2.74. The molecular formula is C8H5FN4O2. The fourth-order valence-corrected chi connectivity index (χ4v) is 1.11. The summed E-state index contributed by atoms with van der Waals surface area (Å²) in [7, 11) is 0. The molecule has 2 N–H and O–H groups in total. The lowest BCUT2D eigenvalue weighted by molar-refractivity contribution is 0.0696.